The van der Waals surface area contributed by atoms with Crippen LogP contribution < -0.4 is 4.74 Å². The molecule has 0 bridgehead atoms. The molecule has 0 aliphatic heterocycles. The van der Waals surface area contributed by atoms with Gasteiger partial charge in [0.25, 0.3) is 0 Å². The fourth-order valence-corrected chi connectivity index (χ4v) is 1.70. The molecule has 0 fully saturated rings. The number of hydrogen-bond acceptors (Lipinski definition) is 4. The molecule has 18 heavy (non-hydrogen) atoms. The molecule has 0 aliphatic rings. The summed E-state index contributed by atoms with van der Waals surface area (Å²) in [5, 5.41) is 4.12. The van der Waals surface area contributed by atoms with Crippen LogP contribution in [0.3, 0.4) is 0 Å². The molecule has 5 nitrogen and oxygen atoms in total. The number of nitrogens with zero attached hydrogens (tertiary/aromatic N) is 2. The average molecular weight is 246 g/mol. The van der Waals surface area contributed by atoms with Gasteiger partial charge in [-0.25, -0.2) is 9.48 Å². The molecule has 0 atom stereocenters. The minimum Gasteiger partial charge on any atom is -0.496 e. The molecule has 2 rings (SSSR count). The minimum absolute atomic E-state index is 0.315. The van der Waals surface area contributed by atoms with Gasteiger partial charge in [0, 0.05) is 12.4 Å². The summed E-state index contributed by atoms with van der Waals surface area (Å²) < 4.78 is 11.9. The predicted molar refractivity (Wildman–Crippen MR) is 66.1 cm³/mol. The lowest BCUT2D eigenvalue weighted by Crippen LogP contribution is -2.11. The Morgan fingerprint density at radius 2 is 2.22 bits per heavy atom. The second kappa shape index (κ2) is 5.35. The van der Waals surface area contributed by atoms with Gasteiger partial charge in [0.1, 0.15) is 11.3 Å². The van der Waals surface area contributed by atoms with Crippen molar-refractivity contribution in [3.05, 3.63) is 42.2 Å². The monoisotopic (exact) mass is 246 g/mol. The van der Waals surface area contributed by atoms with Crippen LogP contribution in [0.5, 0.6) is 5.75 Å². The summed E-state index contributed by atoms with van der Waals surface area (Å²) in [5.41, 5.74) is 1.02. The van der Waals surface area contributed by atoms with E-state index in [1.807, 2.05) is 0 Å². The largest absolute Gasteiger partial charge is 0.496 e. The number of methoxy groups -OCH3 is 1. The lowest BCUT2D eigenvalue weighted by atomic mass is 10.1. The second-order valence-corrected chi connectivity index (χ2v) is 3.53. The number of carbonyl (C=O) groups is 1. The maximum Gasteiger partial charge on any atom is 0.344 e. The molecule has 5 heteroatoms. The van der Waals surface area contributed by atoms with E-state index in [2.05, 4.69) is 5.10 Å². The zero-order valence-electron chi connectivity index (χ0n) is 10.3. The molecule has 0 radical (unpaired) electrons. The summed E-state index contributed by atoms with van der Waals surface area (Å²) in [6.45, 7) is 2.08. The number of rotatable bonds is 4. The first-order valence-corrected chi connectivity index (χ1v) is 5.62. The topological polar surface area (TPSA) is 53.4 Å². The van der Waals surface area contributed by atoms with E-state index < -0.39 is 5.97 Å². The maximum absolute atomic E-state index is 12.0. The van der Waals surface area contributed by atoms with Crippen molar-refractivity contribution in [2.75, 3.05) is 13.7 Å². The van der Waals surface area contributed by atoms with E-state index in [4.69, 9.17) is 9.47 Å². The summed E-state index contributed by atoms with van der Waals surface area (Å²) in [4.78, 5) is 12.0. The minimum atomic E-state index is -0.416. The van der Waals surface area contributed by atoms with Crippen molar-refractivity contribution in [1.29, 1.82) is 0 Å². The Morgan fingerprint density at radius 3 is 2.83 bits per heavy atom. The SMILES string of the molecule is CCOC(=O)c1c(OC)cccc1-n1cccn1. The number of benzene rings is 1. The van der Waals surface area contributed by atoms with Crippen molar-refractivity contribution in [3.63, 3.8) is 0 Å². The molecule has 0 spiro atoms. The molecule has 0 aliphatic carbocycles. The highest BCUT2D eigenvalue weighted by Gasteiger charge is 2.19. The van der Waals surface area contributed by atoms with Gasteiger partial charge in [0.2, 0.25) is 0 Å². The highest BCUT2D eigenvalue weighted by atomic mass is 16.5. The van der Waals surface area contributed by atoms with E-state index in [9.17, 15) is 4.79 Å². The van der Waals surface area contributed by atoms with Gasteiger partial charge in [0.15, 0.2) is 0 Å². The van der Waals surface area contributed by atoms with Crippen LogP contribution in [0.1, 0.15) is 17.3 Å². The third kappa shape index (κ3) is 2.20. The smallest absolute Gasteiger partial charge is 0.344 e. The molecule has 0 saturated carbocycles. The molecule has 0 saturated heterocycles. The number of esters is 1. The fourth-order valence-electron chi connectivity index (χ4n) is 1.70. The number of hydrogen-bond donors (Lipinski definition) is 0. The van der Waals surface area contributed by atoms with E-state index in [1.165, 1.54) is 7.11 Å². The van der Waals surface area contributed by atoms with Crippen LogP contribution in [0.15, 0.2) is 36.7 Å². The molecule has 0 N–H and O–H groups in total. The van der Waals surface area contributed by atoms with Crippen molar-refractivity contribution in [1.82, 2.24) is 9.78 Å². The van der Waals surface area contributed by atoms with Crippen LogP contribution in [0.4, 0.5) is 0 Å². The van der Waals surface area contributed by atoms with Crippen LogP contribution in [-0.4, -0.2) is 29.5 Å². The summed E-state index contributed by atoms with van der Waals surface area (Å²) in [7, 11) is 1.52. The van der Waals surface area contributed by atoms with Crippen LogP contribution in [-0.2, 0) is 4.74 Å². The van der Waals surface area contributed by atoms with Crippen molar-refractivity contribution in [2.24, 2.45) is 0 Å². The van der Waals surface area contributed by atoms with Gasteiger partial charge in [-0.1, -0.05) is 6.07 Å². The van der Waals surface area contributed by atoms with Crippen molar-refractivity contribution in [2.45, 2.75) is 6.92 Å². The van der Waals surface area contributed by atoms with E-state index >= 15 is 0 Å². The third-order valence-corrected chi connectivity index (χ3v) is 2.45. The Balaban J connectivity index is 2.55. The second-order valence-electron chi connectivity index (χ2n) is 3.53. The van der Waals surface area contributed by atoms with E-state index in [0.29, 0.717) is 23.6 Å². The summed E-state index contributed by atoms with van der Waals surface area (Å²) >= 11 is 0. The van der Waals surface area contributed by atoms with Gasteiger partial charge in [-0.2, -0.15) is 5.10 Å². The van der Waals surface area contributed by atoms with E-state index in [1.54, 1.807) is 48.3 Å². The highest BCUT2D eigenvalue weighted by Crippen LogP contribution is 2.25. The zero-order chi connectivity index (χ0) is 13.0. The maximum atomic E-state index is 12.0. The molecular formula is C13H14N2O3. The lowest BCUT2D eigenvalue weighted by Gasteiger charge is -2.12. The highest BCUT2D eigenvalue weighted by molar-refractivity contribution is 5.96. The predicted octanol–water partition coefficient (Wildman–Crippen LogP) is 2.06. The van der Waals surface area contributed by atoms with Gasteiger partial charge < -0.3 is 9.47 Å². The Morgan fingerprint density at radius 1 is 1.39 bits per heavy atom. The number of aromatic nitrogens is 2. The molecule has 1 aromatic heterocycles. The van der Waals surface area contributed by atoms with Gasteiger partial charge >= 0.3 is 5.97 Å². The quantitative estimate of drug-likeness (QED) is 0.775. The molecule has 2 aromatic rings. The molecule has 94 valence electrons. The molecule has 1 aromatic carbocycles. The molecule has 0 unspecified atom stereocenters. The van der Waals surface area contributed by atoms with Crippen LogP contribution in [0.2, 0.25) is 0 Å². The molecule has 0 amide bonds. The Labute approximate surface area is 105 Å². The summed E-state index contributed by atoms with van der Waals surface area (Å²) in [6.07, 6.45) is 3.41. The molecule has 1 heterocycles. The van der Waals surface area contributed by atoms with Gasteiger partial charge in [0.05, 0.1) is 19.4 Å². The fraction of sp³-hybridized carbons (Fsp3) is 0.231. The van der Waals surface area contributed by atoms with Gasteiger partial charge in [-0.05, 0) is 25.1 Å². The number of carbonyl (C=O) groups excluding carboxylic acids is 1. The first kappa shape index (κ1) is 12.2. The lowest BCUT2D eigenvalue weighted by molar-refractivity contribution is 0.0522. The summed E-state index contributed by atoms with van der Waals surface area (Å²) in [6, 6.07) is 7.11. The van der Waals surface area contributed by atoms with Gasteiger partial charge in [-0.15, -0.1) is 0 Å². The first-order chi connectivity index (χ1) is 8.77. The van der Waals surface area contributed by atoms with Gasteiger partial charge in [-0.3, -0.25) is 0 Å². The Kier molecular flexibility index (Phi) is 3.62. The first-order valence-electron chi connectivity index (χ1n) is 5.62. The standard InChI is InChI=1S/C13H14N2O3/c1-3-18-13(16)12-10(15-9-5-8-14-15)6-4-7-11(12)17-2/h4-9H,3H2,1-2H3. The van der Waals surface area contributed by atoms with Crippen LogP contribution >= 0.6 is 0 Å². The molecular weight excluding hydrogens is 232 g/mol. The number of ether oxygens (including phenoxy) is 2. The van der Waals surface area contributed by atoms with Crippen LogP contribution in [0.25, 0.3) is 5.69 Å². The Bertz CT molecular complexity index is 535. The third-order valence-electron chi connectivity index (χ3n) is 2.45. The summed E-state index contributed by atoms with van der Waals surface area (Å²) in [5.74, 6) is 0.0573. The van der Waals surface area contributed by atoms with Crippen LogP contribution in [0, 0.1) is 0 Å². The average Bonchev–Trinajstić information content (AvgIpc) is 2.91. The van der Waals surface area contributed by atoms with Crippen molar-refractivity contribution in [3.8, 4) is 11.4 Å². The zero-order valence-corrected chi connectivity index (χ0v) is 10.3. The Hall–Kier alpha value is -2.30. The van der Waals surface area contributed by atoms with Crippen molar-refractivity contribution < 1.29 is 14.3 Å². The van der Waals surface area contributed by atoms with E-state index in [0.717, 1.165) is 0 Å². The normalized spacial score (nSPS) is 10.1. The van der Waals surface area contributed by atoms with Crippen molar-refractivity contribution >= 4 is 5.97 Å². The van der Waals surface area contributed by atoms with E-state index in [-0.39, 0.29) is 0 Å².